The van der Waals surface area contributed by atoms with E-state index in [1.54, 1.807) is 12.1 Å². The van der Waals surface area contributed by atoms with E-state index in [2.05, 4.69) is 4.74 Å². The summed E-state index contributed by atoms with van der Waals surface area (Å²) in [5, 5.41) is 0. The molecule has 0 unspecified atom stereocenters. The number of methoxy groups -OCH3 is 1. The van der Waals surface area contributed by atoms with E-state index in [9.17, 15) is 18.0 Å². The van der Waals surface area contributed by atoms with Crippen molar-refractivity contribution in [3.05, 3.63) is 24.3 Å². The van der Waals surface area contributed by atoms with Crippen LogP contribution in [-0.2, 0) is 29.1 Å². The van der Waals surface area contributed by atoms with Crippen LogP contribution < -0.4 is 4.74 Å². The van der Waals surface area contributed by atoms with E-state index in [1.807, 2.05) is 6.92 Å². The maximum absolute atomic E-state index is 12.7. The van der Waals surface area contributed by atoms with Gasteiger partial charge in [0.1, 0.15) is 5.75 Å². The van der Waals surface area contributed by atoms with Gasteiger partial charge in [0.25, 0.3) is 0 Å². The number of benzene rings is 1. The van der Waals surface area contributed by atoms with E-state index in [1.165, 1.54) is 23.5 Å². The molecule has 8 nitrogen and oxygen atoms in total. The minimum atomic E-state index is -3.62. The number of sulfonamides is 1. The number of nitrogens with zero attached hydrogens (tertiary/aromatic N) is 1. The third-order valence-electron chi connectivity index (χ3n) is 4.12. The molecular weight excluding hydrogens is 362 g/mol. The Balaban J connectivity index is 1.93. The molecule has 0 N–H and O–H groups in total. The van der Waals surface area contributed by atoms with Gasteiger partial charge in [0.15, 0.2) is 6.61 Å². The third kappa shape index (κ3) is 4.95. The van der Waals surface area contributed by atoms with Crippen LogP contribution in [-0.4, -0.2) is 58.1 Å². The Hall–Kier alpha value is -2.13. The molecule has 0 saturated carbocycles. The lowest BCUT2D eigenvalue weighted by atomic mass is 9.98. The molecule has 1 aliphatic heterocycles. The van der Waals surface area contributed by atoms with Gasteiger partial charge in [0, 0.05) is 13.1 Å². The van der Waals surface area contributed by atoms with Gasteiger partial charge in [-0.15, -0.1) is 0 Å². The lowest BCUT2D eigenvalue weighted by Crippen LogP contribution is -2.40. The Bertz CT molecular complexity index is 722. The van der Waals surface area contributed by atoms with E-state index < -0.39 is 34.5 Å². The first-order chi connectivity index (χ1) is 12.4. The topological polar surface area (TPSA) is 99.2 Å². The minimum absolute atomic E-state index is 0.188. The first-order valence-electron chi connectivity index (χ1n) is 8.35. The summed E-state index contributed by atoms with van der Waals surface area (Å²) in [6.07, 6.45) is 0.687. The van der Waals surface area contributed by atoms with Crippen LogP contribution in [0, 0.1) is 5.92 Å². The second-order valence-corrected chi connectivity index (χ2v) is 7.70. The van der Waals surface area contributed by atoms with Crippen LogP contribution in [0.4, 0.5) is 0 Å². The van der Waals surface area contributed by atoms with Crippen LogP contribution in [0.5, 0.6) is 5.75 Å². The van der Waals surface area contributed by atoms with E-state index in [4.69, 9.17) is 9.47 Å². The first kappa shape index (κ1) is 20.2. The van der Waals surface area contributed by atoms with Crippen LogP contribution in [0.2, 0.25) is 0 Å². The van der Waals surface area contributed by atoms with Gasteiger partial charge in [-0.2, -0.15) is 4.31 Å². The summed E-state index contributed by atoms with van der Waals surface area (Å²) in [4.78, 5) is 23.1. The maximum atomic E-state index is 12.7. The molecule has 26 heavy (non-hydrogen) atoms. The van der Waals surface area contributed by atoms with Crippen molar-refractivity contribution >= 4 is 22.0 Å². The van der Waals surface area contributed by atoms with Gasteiger partial charge in [0.05, 0.1) is 24.5 Å². The largest absolute Gasteiger partial charge is 0.494 e. The van der Waals surface area contributed by atoms with Crippen molar-refractivity contribution in [3.63, 3.8) is 0 Å². The number of rotatable bonds is 7. The Morgan fingerprint density at radius 1 is 1.15 bits per heavy atom. The zero-order valence-corrected chi connectivity index (χ0v) is 15.7. The smallest absolute Gasteiger partial charge is 0.344 e. The molecular formula is C17H23NO7S. The summed E-state index contributed by atoms with van der Waals surface area (Å²) in [5.41, 5.74) is 0. The molecule has 0 spiro atoms. The van der Waals surface area contributed by atoms with Crippen molar-refractivity contribution in [1.29, 1.82) is 0 Å². The van der Waals surface area contributed by atoms with Crippen LogP contribution in [0.1, 0.15) is 19.8 Å². The number of carbonyl (C=O) groups excluding carboxylic acids is 2. The average molecular weight is 385 g/mol. The van der Waals surface area contributed by atoms with Gasteiger partial charge in [0.2, 0.25) is 10.0 Å². The lowest BCUT2D eigenvalue weighted by Gasteiger charge is -2.30. The standard InChI is InChI=1S/C17H23NO7S/c1-3-24-14-4-6-15(7-5-14)26(21,22)18-10-8-13(9-11-18)17(20)25-12-16(19)23-2/h4-7,13H,3,8-12H2,1-2H3. The highest BCUT2D eigenvalue weighted by Gasteiger charge is 2.33. The van der Waals surface area contributed by atoms with Crippen LogP contribution in [0.3, 0.4) is 0 Å². The molecule has 1 fully saturated rings. The zero-order chi connectivity index (χ0) is 19.2. The summed E-state index contributed by atoms with van der Waals surface area (Å²) >= 11 is 0. The van der Waals surface area contributed by atoms with Crippen LogP contribution in [0.15, 0.2) is 29.2 Å². The Labute approximate surface area is 153 Å². The quantitative estimate of drug-likeness (QED) is 0.650. The number of hydrogen-bond donors (Lipinski definition) is 0. The number of esters is 2. The molecule has 1 aliphatic rings. The highest BCUT2D eigenvalue weighted by atomic mass is 32.2. The highest BCUT2D eigenvalue weighted by Crippen LogP contribution is 2.25. The average Bonchev–Trinajstić information content (AvgIpc) is 2.66. The molecule has 2 rings (SSSR count). The summed E-state index contributed by atoms with van der Waals surface area (Å²) < 4.78 is 41.3. The highest BCUT2D eigenvalue weighted by molar-refractivity contribution is 7.89. The van der Waals surface area contributed by atoms with Gasteiger partial charge >= 0.3 is 11.9 Å². The molecule has 1 aromatic carbocycles. The molecule has 0 aromatic heterocycles. The zero-order valence-electron chi connectivity index (χ0n) is 14.8. The number of piperidine rings is 1. The van der Waals surface area contributed by atoms with Crippen molar-refractivity contribution in [3.8, 4) is 5.75 Å². The summed E-state index contributed by atoms with van der Waals surface area (Å²) in [6, 6.07) is 6.26. The summed E-state index contributed by atoms with van der Waals surface area (Å²) in [7, 11) is -2.41. The van der Waals surface area contributed by atoms with E-state index in [0.29, 0.717) is 25.2 Å². The van der Waals surface area contributed by atoms with E-state index in [0.717, 1.165) is 0 Å². The van der Waals surface area contributed by atoms with Crippen molar-refractivity contribution in [2.24, 2.45) is 5.92 Å². The van der Waals surface area contributed by atoms with Gasteiger partial charge in [-0.05, 0) is 44.0 Å². The lowest BCUT2D eigenvalue weighted by molar-refractivity contribution is -0.160. The van der Waals surface area contributed by atoms with Crippen LogP contribution >= 0.6 is 0 Å². The Morgan fingerprint density at radius 3 is 2.31 bits per heavy atom. The SMILES string of the molecule is CCOc1ccc(S(=O)(=O)N2CCC(C(=O)OCC(=O)OC)CC2)cc1. The monoisotopic (exact) mass is 385 g/mol. The molecule has 1 aromatic rings. The van der Waals surface area contributed by atoms with Gasteiger partial charge in [-0.1, -0.05) is 0 Å². The predicted octanol–water partition coefficient (Wildman–Crippen LogP) is 1.20. The van der Waals surface area contributed by atoms with Gasteiger partial charge in [-0.25, -0.2) is 13.2 Å². The van der Waals surface area contributed by atoms with Crippen molar-refractivity contribution in [2.45, 2.75) is 24.7 Å². The predicted molar refractivity (Wildman–Crippen MR) is 92.1 cm³/mol. The van der Waals surface area contributed by atoms with Gasteiger partial charge in [-0.3, -0.25) is 4.79 Å². The number of hydrogen-bond acceptors (Lipinski definition) is 7. The van der Waals surface area contributed by atoms with E-state index >= 15 is 0 Å². The maximum Gasteiger partial charge on any atom is 0.344 e. The summed E-state index contributed by atoms with van der Waals surface area (Å²) in [5.74, 6) is -0.952. The van der Waals surface area contributed by atoms with Crippen molar-refractivity contribution in [2.75, 3.05) is 33.4 Å². The van der Waals surface area contributed by atoms with Crippen molar-refractivity contribution < 1.29 is 32.2 Å². The fourth-order valence-electron chi connectivity index (χ4n) is 2.66. The molecule has 0 amide bonds. The molecule has 0 bridgehead atoms. The molecule has 144 valence electrons. The normalized spacial score (nSPS) is 16.1. The Morgan fingerprint density at radius 2 is 1.77 bits per heavy atom. The first-order valence-corrected chi connectivity index (χ1v) is 9.79. The minimum Gasteiger partial charge on any atom is -0.494 e. The van der Waals surface area contributed by atoms with Gasteiger partial charge < -0.3 is 14.2 Å². The van der Waals surface area contributed by atoms with Crippen LogP contribution in [0.25, 0.3) is 0 Å². The molecule has 1 saturated heterocycles. The molecule has 1 heterocycles. The van der Waals surface area contributed by atoms with E-state index in [-0.39, 0.29) is 18.0 Å². The molecule has 0 radical (unpaired) electrons. The van der Waals surface area contributed by atoms with Crippen molar-refractivity contribution in [1.82, 2.24) is 4.31 Å². The molecule has 0 atom stereocenters. The second kappa shape index (κ2) is 9.00. The number of ether oxygens (including phenoxy) is 3. The fraction of sp³-hybridized carbons (Fsp3) is 0.529. The third-order valence-corrected chi connectivity index (χ3v) is 6.03. The molecule has 9 heteroatoms. The Kier molecular flexibility index (Phi) is 6.98. The number of carbonyl (C=O) groups is 2. The summed E-state index contributed by atoms with van der Waals surface area (Å²) in [6.45, 7) is 2.36. The molecule has 0 aliphatic carbocycles. The fourth-order valence-corrected chi connectivity index (χ4v) is 4.13. The second-order valence-electron chi connectivity index (χ2n) is 5.77.